The van der Waals surface area contributed by atoms with Gasteiger partial charge in [-0.3, -0.25) is 0 Å². The van der Waals surface area contributed by atoms with Gasteiger partial charge in [-0.05, 0) is 20.8 Å². The van der Waals surface area contributed by atoms with Crippen LogP contribution >= 0.6 is 0 Å². The number of alkyl carbamates (subject to hydrolysis) is 1. The monoisotopic (exact) mass is 382 g/mol. The second kappa shape index (κ2) is 11.7. The summed E-state index contributed by atoms with van der Waals surface area (Å²) in [6.07, 6.45) is -2.15. The van der Waals surface area contributed by atoms with Crippen LogP contribution in [-0.4, -0.2) is 73.1 Å². The zero-order chi connectivity index (χ0) is 20.2. The van der Waals surface area contributed by atoms with E-state index in [1.54, 1.807) is 20.8 Å². The smallest absolute Gasteiger partial charge is 0.480 e. The summed E-state index contributed by atoms with van der Waals surface area (Å²) in [5.74, 6) is -1.43. The maximum absolute atomic E-state index is 11.5. The van der Waals surface area contributed by atoms with Crippen LogP contribution in [0.25, 0.3) is 0 Å². The number of carboxylic acids is 1. The quantitative estimate of drug-likeness (QED) is 0.218. The molecule has 0 aliphatic rings. The minimum Gasteiger partial charge on any atom is -0.480 e. The van der Waals surface area contributed by atoms with E-state index in [1.165, 1.54) is 0 Å². The van der Waals surface area contributed by atoms with Gasteiger partial charge in [0, 0.05) is 0 Å². The first-order valence-electron chi connectivity index (χ1n) is 7.38. The predicted octanol–water partition coefficient (Wildman–Crippen LogP) is 0.342. The van der Waals surface area contributed by atoms with Crippen LogP contribution < -0.4 is 5.32 Å². The molecule has 1 atom stereocenters. The number of carboxylic acid groups (broad SMARTS) is 1. The summed E-state index contributed by atoms with van der Waals surface area (Å²) in [6, 6.07) is -1.52. The van der Waals surface area contributed by atoms with Crippen LogP contribution in [0.5, 0.6) is 0 Å². The Bertz CT molecular complexity index is 489. The molecule has 0 radical (unpaired) electrons. The van der Waals surface area contributed by atoms with Gasteiger partial charge in [0.2, 0.25) is 0 Å². The summed E-state index contributed by atoms with van der Waals surface area (Å²) in [4.78, 5) is 47.7. The van der Waals surface area contributed by atoms with Crippen LogP contribution in [0.15, 0.2) is 0 Å². The van der Waals surface area contributed by atoms with Gasteiger partial charge in [0.05, 0.1) is 13.2 Å². The molecule has 1 amide bonds. The number of hydrogen-bond acceptors (Lipinski definition) is 10. The lowest BCUT2D eigenvalue weighted by Gasteiger charge is -2.21. The van der Waals surface area contributed by atoms with Crippen molar-refractivity contribution in [2.24, 2.45) is 0 Å². The Hall–Kier alpha value is -2.83. The SMILES string of the molecule is CC(C)(C)OC(=O)NC(COC(=O)OCCOCCO[N+](=O)[O-])C(=O)O. The third-order valence-electron chi connectivity index (χ3n) is 2.23. The number of carbonyl (C=O) groups excluding carboxylic acids is 2. The number of carbonyl (C=O) groups is 3. The van der Waals surface area contributed by atoms with Gasteiger partial charge in [0.1, 0.15) is 25.4 Å². The molecule has 26 heavy (non-hydrogen) atoms. The molecule has 0 aromatic carbocycles. The summed E-state index contributed by atoms with van der Waals surface area (Å²) in [7, 11) is 0. The van der Waals surface area contributed by atoms with Gasteiger partial charge in [-0.1, -0.05) is 0 Å². The number of hydrogen-bond donors (Lipinski definition) is 2. The number of nitrogens with one attached hydrogen (secondary N) is 1. The lowest BCUT2D eigenvalue weighted by Crippen LogP contribution is -2.46. The van der Waals surface area contributed by atoms with Crippen molar-refractivity contribution in [2.75, 3.05) is 33.0 Å². The predicted molar refractivity (Wildman–Crippen MR) is 81.9 cm³/mol. The molecule has 0 fully saturated rings. The van der Waals surface area contributed by atoms with Crippen LogP contribution in [0.2, 0.25) is 0 Å². The fraction of sp³-hybridized carbons (Fsp3) is 0.769. The van der Waals surface area contributed by atoms with E-state index in [0.717, 1.165) is 0 Å². The van der Waals surface area contributed by atoms with Gasteiger partial charge in [-0.15, -0.1) is 10.1 Å². The van der Waals surface area contributed by atoms with Crippen LogP contribution in [-0.2, 0) is 28.6 Å². The van der Waals surface area contributed by atoms with Crippen molar-refractivity contribution in [2.45, 2.75) is 32.4 Å². The molecule has 1 unspecified atom stereocenters. The van der Waals surface area contributed by atoms with E-state index in [-0.39, 0.29) is 26.4 Å². The summed E-state index contributed by atoms with van der Waals surface area (Å²) >= 11 is 0. The van der Waals surface area contributed by atoms with Crippen molar-refractivity contribution < 1.29 is 48.4 Å². The van der Waals surface area contributed by atoms with Gasteiger partial charge in [0.15, 0.2) is 6.04 Å². The molecule has 0 heterocycles. The number of rotatable bonds is 11. The van der Waals surface area contributed by atoms with Crippen molar-refractivity contribution in [3.8, 4) is 0 Å². The molecule has 0 rings (SSSR count). The first-order chi connectivity index (χ1) is 12.0. The molecule has 0 spiro atoms. The zero-order valence-electron chi connectivity index (χ0n) is 14.6. The minimum atomic E-state index is -1.52. The number of amides is 1. The van der Waals surface area contributed by atoms with E-state index in [9.17, 15) is 24.5 Å². The lowest BCUT2D eigenvalue weighted by atomic mass is 10.2. The van der Waals surface area contributed by atoms with E-state index in [4.69, 9.17) is 14.6 Å². The summed E-state index contributed by atoms with van der Waals surface area (Å²) in [5.41, 5.74) is -0.822. The Morgan fingerprint density at radius 3 is 2.27 bits per heavy atom. The lowest BCUT2D eigenvalue weighted by molar-refractivity contribution is -0.758. The van der Waals surface area contributed by atoms with Gasteiger partial charge in [-0.2, -0.15) is 0 Å². The Balaban J connectivity index is 3.99. The molecule has 0 aliphatic carbocycles. The Morgan fingerprint density at radius 2 is 1.73 bits per heavy atom. The van der Waals surface area contributed by atoms with Crippen molar-refractivity contribution in [3.63, 3.8) is 0 Å². The topological polar surface area (TPSA) is 173 Å². The number of ether oxygens (including phenoxy) is 4. The van der Waals surface area contributed by atoms with Crippen molar-refractivity contribution in [3.05, 3.63) is 10.1 Å². The summed E-state index contributed by atoms with van der Waals surface area (Å²) in [6.45, 7) is 3.47. The fourth-order valence-corrected chi connectivity index (χ4v) is 1.27. The molecule has 13 heteroatoms. The van der Waals surface area contributed by atoms with E-state index >= 15 is 0 Å². The number of nitrogens with zero attached hydrogens (tertiary/aromatic N) is 1. The Labute approximate surface area is 148 Å². The maximum Gasteiger partial charge on any atom is 0.508 e. The maximum atomic E-state index is 11.5. The second-order valence-electron chi connectivity index (χ2n) is 5.62. The molecule has 0 saturated heterocycles. The average molecular weight is 382 g/mol. The van der Waals surface area contributed by atoms with Gasteiger partial charge in [0.25, 0.3) is 5.09 Å². The van der Waals surface area contributed by atoms with Crippen LogP contribution in [0, 0.1) is 10.1 Å². The first-order valence-corrected chi connectivity index (χ1v) is 7.38. The van der Waals surface area contributed by atoms with Crippen LogP contribution in [0.3, 0.4) is 0 Å². The molecule has 0 aromatic rings. The van der Waals surface area contributed by atoms with Crippen LogP contribution in [0.4, 0.5) is 9.59 Å². The molecule has 0 bridgehead atoms. The zero-order valence-corrected chi connectivity index (χ0v) is 14.6. The van der Waals surface area contributed by atoms with E-state index < -0.39 is 41.6 Å². The normalized spacial score (nSPS) is 11.8. The summed E-state index contributed by atoms with van der Waals surface area (Å²) in [5, 5.41) is 19.9. The Kier molecular flexibility index (Phi) is 10.4. The van der Waals surface area contributed by atoms with E-state index in [1.807, 2.05) is 5.32 Å². The highest BCUT2D eigenvalue weighted by atomic mass is 17.0. The van der Waals surface area contributed by atoms with Gasteiger partial charge in [-0.25, -0.2) is 14.4 Å². The second-order valence-corrected chi connectivity index (χ2v) is 5.62. The first kappa shape index (κ1) is 23.2. The highest BCUT2D eigenvalue weighted by Crippen LogP contribution is 2.07. The van der Waals surface area contributed by atoms with Crippen molar-refractivity contribution in [1.82, 2.24) is 5.32 Å². The Morgan fingerprint density at radius 1 is 1.12 bits per heavy atom. The van der Waals surface area contributed by atoms with Gasteiger partial charge < -0.3 is 34.2 Å². The van der Waals surface area contributed by atoms with E-state index in [2.05, 4.69) is 14.3 Å². The summed E-state index contributed by atoms with van der Waals surface area (Å²) < 4.78 is 18.9. The number of aliphatic carboxylic acids is 1. The molecule has 0 aliphatic heterocycles. The fourth-order valence-electron chi connectivity index (χ4n) is 1.27. The average Bonchev–Trinajstić information content (AvgIpc) is 2.48. The molecular weight excluding hydrogens is 360 g/mol. The molecule has 0 aromatic heterocycles. The van der Waals surface area contributed by atoms with Gasteiger partial charge >= 0.3 is 18.2 Å². The third kappa shape index (κ3) is 13.6. The third-order valence-corrected chi connectivity index (χ3v) is 2.23. The molecule has 13 nitrogen and oxygen atoms in total. The molecular formula is C13H22N2O11. The molecule has 2 N–H and O–H groups in total. The minimum absolute atomic E-state index is 0.0747. The van der Waals surface area contributed by atoms with Crippen molar-refractivity contribution >= 4 is 18.2 Å². The molecule has 0 saturated carbocycles. The van der Waals surface area contributed by atoms with Crippen LogP contribution in [0.1, 0.15) is 20.8 Å². The standard InChI is InChI=1S/C13H22N2O11/c1-13(2,3)26-11(18)14-9(10(16)17)8-24-12(19)23-6-4-22-5-7-25-15(20)21/h9H,4-8H2,1-3H3,(H,14,18)(H,16,17). The highest BCUT2D eigenvalue weighted by Gasteiger charge is 2.25. The van der Waals surface area contributed by atoms with Crippen molar-refractivity contribution in [1.29, 1.82) is 0 Å². The largest absolute Gasteiger partial charge is 0.508 e. The van der Waals surface area contributed by atoms with E-state index in [0.29, 0.717) is 0 Å². The highest BCUT2D eigenvalue weighted by molar-refractivity contribution is 5.80. The molecule has 150 valence electrons.